The summed E-state index contributed by atoms with van der Waals surface area (Å²) in [6.07, 6.45) is 7.17. The fourth-order valence-electron chi connectivity index (χ4n) is 3.07. The smallest absolute Gasteiger partial charge is 0.274 e. The zero-order valence-electron chi connectivity index (χ0n) is 14.0. The number of aryl methyl sites for hydroxylation is 1. The van der Waals surface area contributed by atoms with Gasteiger partial charge in [-0.3, -0.25) is 19.6 Å². The van der Waals surface area contributed by atoms with Gasteiger partial charge in [0.2, 0.25) is 5.91 Å². The van der Waals surface area contributed by atoms with Crippen LogP contribution in [0.25, 0.3) is 0 Å². The van der Waals surface area contributed by atoms with Gasteiger partial charge in [0.25, 0.3) is 5.91 Å². The van der Waals surface area contributed by atoms with Crippen LogP contribution in [-0.2, 0) is 11.2 Å². The third-order valence-corrected chi connectivity index (χ3v) is 4.44. The largest absolute Gasteiger partial charge is 0.370 e. The number of likely N-dealkylation sites (tertiary alicyclic amines) is 1. The maximum atomic E-state index is 12.4. The standard InChI is InChI=1S/C18H21N5O2/c19-17(24)5-4-14-2-1-3-15(22-14)13-6-10-23(11-7-13)18(25)16-12-20-8-9-21-16/h1-3,8-9,12-13H,4-7,10-11H2,(H2,19,24). The van der Waals surface area contributed by atoms with Gasteiger partial charge in [0.1, 0.15) is 5.69 Å². The van der Waals surface area contributed by atoms with Crippen molar-refractivity contribution in [1.29, 1.82) is 0 Å². The Hall–Kier alpha value is -2.83. The van der Waals surface area contributed by atoms with Crippen LogP contribution in [0, 0.1) is 0 Å². The van der Waals surface area contributed by atoms with E-state index in [1.807, 2.05) is 23.1 Å². The Morgan fingerprint density at radius 1 is 1.20 bits per heavy atom. The monoisotopic (exact) mass is 339 g/mol. The molecular formula is C18H21N5O2. The van der Waals surface area contributed by atoms with Gasteiger partial charge in [-0.25, -0.2) is 4.98 Å². The van der Waals surface area contributed by atoms with Crippen molar-refractivity contribution in [2.75, 3.05) is 13.1 Å². The number of pyridine rings is 1. The number of primary amides is 1. The molecule has 1 aliphatic heterocycles. The first-order valence-electron chi connectivity index (χ1n) is 8.43. The molecule has 0 unspecified atom stereocenters. The van der Waals surface area contributed by atoms with E-state index in [-0.39, 0.29) is 11.8 Å². The molecule has 2 amide bonds. The van der Waals surface area contributed by atoms with Crippen LogP contribution in [0.1, 0.15) is 47.1 Å². The van der Waals surface area contributed by atoms with Crippen molar-refractivity contribution in [3.8, 4) is 0 Å². The topological polar surface area (TPSA) is 102 Å². The van der Waals surface area contributed by atoms with Crippen molar-refractivity contribution in [3.63, 3.8) is 0 Å². The number of aromatic nitrogens is 3. The number of piperidine rings is 1. The van der Waals surface area contributed by atoms with E-state index in [0.29, 0.717) is 37.5 Å². The molecule has 0 atom stereocenters. The summed E-state index contributed by atoms with van der Waals surface area (Å²) in [6.45, 7) is 1.35. The highest BCUT2D eigenvalue weighted by atomic mass is 16.2. The second kappa shape index (κ2) is 7.83. The molecule has 130 valence electrons. The third kappa shape index (κ3) is 4.37. The Labute approximate surface area is 146 Å². The molecule has 3 rings (SSSR count). The van der Waals surface area contributed by atoms with E-state index in [2.05, 4.69) is 15.0 Å². The molecule has 7 heteroatoms. The second-order valence-electron chi connectivity index (χ2n) is 6.18. The molecule has 0 saturated carbocycles. The summed E-state index contributed by atoms with van der Waals surface area (Å²) >= 11 is 0. The van der Waals surface area contributed by atoms with Crippen LogP contribution in [0.2, 0.25) is 0 Å². The van der Waals surface area contributed by atoms with Gasteiger partial charge < -0.3 is 10.6 Å². The molecule has 0 bridgehead atoms. The van der Waals surface area contributed by atoms with Gasteiger partial charge in [-0.1, -0.05) is 6.07 Å². The van der Waals surface area contributed by atoms with E-state index < -0.39 is 0 Å². The number of nitrogens with zero attached hydrogens (tertiary/aromatic N) is 4. The van der Waals surface area contributed by atoms with E-state index in [0.717, 1.165) is 24.2 Å². The summed E-state index contributed by atoms with van der Waals surface area (Å²) in [4.78, 5) is 37.8. The average Bonchev–Trinajstić information content (AvgIpc) is 2.67. The van der Waals surface area contributed by atoms with Gasteiger partial charge in [0.05, 0.1) is 6.20 Å². The van der Waals surface area contributed by atoms with Crippen molar-refractivity contribution < 1.29 is 9.59 Å². The molecule has 7 nitrogen and oxygen atoms in total. The van der Waals surface area contributed by atoms with Crippen molar-refractivity contribution in [2.45, 2.75) is 31.6 Å². The van der Waals surface area contributed by atoms with Crippen LogP contribution >= 0.6 is 0 Å². The number of amides is 2. The first kappa shape index (κ1) is 17.0. The lowest BCUT2D eigenvalue weighted by molar-refractivity contribution is -0.118. The zero-order chi connectivity index (χ0) is 17.6. The van der Waals surface area contributed by atoms with Gasteiger partial charge in [-0.05, 0) is 31.4 Å². The summed E-state index contributed by atoms with van der Waals surface area (Å²) in [5, 5.41) is 0. The Morgan fingerprint density at radius 3 is 2.68 bits per heavy atom. The Bertz CT molecular complexity index is 742. The Morgan fingerprint density at radius 2 is 2.00 bits per heavy atom. The number of carbonyl (C=O) groups is 2. The molecule has 1 saturated heterocycles. The molecule has 1 fully saturated rings. The molecule has 2 aromatic heterocycles. The Balaban J connectivity index is 1.60. The highest BCUT2D eigenvalue weighted by molar-refractivity contribution is 5.92. The molecule has 1 aliphatic rings. The number of carbonyl (C=O) groups excluding carboxylic acids is 2. The van der Waals surface area contributed by atoms with Crippen LogP contribution in [0.4, 0.5) is 0 Å². The highest BCUT2D eigenvalue weighted by Crippen LogP contribution is 2.27. The second-order valence-corrected chi connectivity index (χ2v) is 6.18. The minimum absolute atomic E-state index is 0.0743. The maximum absolute atomic E-state index is 12.4. The molecule has 25 heavy (non-hydrogen) atoms. The van der Waals surface area contributed by atoms with Crippen molar-refractivity contribution >= 4 is 11.8 Å². The van der Waals surface area contributed by atoms with Gasteiger partial charge in [-0.2, -0.15) is 0 Å². The van der Waals surface area contributed by atoms with E-state index in [1.54, 1.807) is 6.20 Å². The van der Waals surface area contributed by atoms with Crippen LogP contribution < -0.4 is 5.73 Å². The molecule has 3 heterocycles. The van der Waals surface area contributed by atoms with Crippen LogP contribution in [0.15, 0.2) is 36.8 Å². The average molecular weight is 339 g/mol. The number of rotatable bonds is 5. The minimum atomic E-state index is -0.317. The van der Waals surface area contributed by atoms with Gasteiger partial charge in [0.15, 0.2) is 0 Å². The molecule has 0 aliphatic carbocycles. The summed E-state index contributed by atoms with van der Waals surface area (Å²) in [5.74, 6) is -0.0720. The third-order valence-electron chi connectivity index (χ3n) is 4.44. The number of nitrogens with two attached hydrogens (primary N) is 1. The van der Waals surface area contributed by atoms with E-state index >= 15 is 0 Å². The summed E-state index contributed by atoms with van der Waals surface area (Å²) in [6, 6.07) is 5.90. The first-order valence-corrected chi connectivity index (χ1v) is 8.43. The summed E-state index contributed by atoms with van der Waals surface area (Å²) < 4.78 is 0. The van der Waals surface area contributed by atoms with Crippen molar-refractivity contribution in [2.24, 2.45) is 5.73 Å². The predicted octanol–water partition coefficient (Wildman–Crippen LogP) is 1.31. The highest BCUT2D eigenvalue weighted by Gasteiger charge is 2.26. The SMILES string of the molecule is NC(=O)CCc1cccc(C2CCN(C(=O)c3cnccn3)CC2)n1. The molecule has 0 radical (unpaired) electrons. The predicted molar refractivity (Wildman–Crippen MR) is 91.7 cm³/mol. The lowest BCUT2D eigenvalue weighted by atomic mass is 9.92. The zero-order valence-corrected chi connectivity index (χ0v) is 14.0. The van der Waals surface area contributed by atoms with Gasteiger partial charge in [0, 0.05) is 49.2 Å². The summed E-state index contributed by atoms with van der Waals surface area (Å²) in [7, 11) is 0. The minimum Gasteiger partial charge on any atom is -0.370 e. The van der Waals surface area contributed by atoms with Crippen LogP contribution in [0.5, 0.6) is 0 Å². The lowest BCUT2D eigenvalue weighted by Gasteiger charge is -2.31. The molecule has 2 N–H and O–H groups in total. The van der Waals surface area contributed by atoms with Crippen LogP contribution in [-0.4, -0.2) is 44.8 Å². The van der Waals surface area contributed by atoms with E-state index in [4.69, 9.17) is 5.73 Å². The van der Waals surface area contributed by atoms with Crippen molar-refractivity contribution in [3.05, 3.63) is 53.9 Å². The van der Waals surface area contributed by atoms with Crippen molar-refractivity contribution in [1.82, 2.24) is 19.9 Å². The number of hydrogen-bond donors (Lipinski definition) is 1. The normalized spacial score (nSPS) is 15.1. The molecule has 0 aromatic carbocycles. The molecule has 0 spiro atoms. The number of hydrogen-bond acceptors (Lipinski definition) is 5. The summed E-state index contributed by atoms with van der Waals surface area (Å²) in [5.41, 5.74) is 7.49. The Kier molecular flexibility index (Phi) is 5.33. The van der Waals surface area contributed by atoms with Gasteiger partial charge in [-0.15, -0.1) is 0 Å². The van der Waals surface area contributed by atoms with Crippen LogP contribution in [0.3, 0.4) is 0 Å². The van der Waals surface area contributed by atoms with E-state index in [1.165, 1.54) is 12.4 Å². The lowest BCUT2D eigenvalue weighted by Crippen LogP contribution is -2.38. The quantitative estimate of drug-likeness (QED) is 0.885. The fourth-order valence-corrected chi connectivity index (χ4v) is 3.07. The first-order chi connectivity index (χ1) is 12.1. The molecule has 2 aromatic rings. The maximum Gasteiger partial charge on any atom is 0.274 e. The van der Waals surface area contributed by atoms with E-state index in [9.17, 15) is 9.59 Å². The fraction of sp³-hybridized carbons (Fsp3) is 0.389. The van der Waals surface area contributed by atoms with Gasteiger partial charge >= 0.3 is 0 Å². The molecular weight excluding hydrogens is 318 g/mol.